The molecule has 0 saturated heterocycles. The average Bonchev–Trinajstić information content (AvgIpc) is 2.38. The number of ether oxygens (including phenoxy) is 1. The van der Waals surface area contributed by atoms with Crippen LogP contribution in [0.1, 0.15) is 45.4 Å². The zero-order valence-electron chi connectivity index (χ0n) is 10.9. The summed E-state index contributed by atoms with van der Waals surface area (Å²) >= 11 is 0. The van der Waals surface area contributed by atoms with E-state index in [-0.39, 0.29) is 0 Å². The highest BCUT2D eigenvalue weighted by atomic mass is 16.5. The van der Waals surface area contributed by atoms with Crippen LogP contribution >= 0.6 is 0 Å². The maximum absolute atomic E-state index is 5.54. The van der Waals surface area contributed by atoms with Crippen molar-refractivity contribution >= 4 is 5.82 Å². The van der Waals surface area contributed by atoms with Gasteiger partial charge >= 0.3 is 0 Å². The van der Waals surface area contributed by atoms with E-state index in [1.54, 1.807) is 12.4 Å². The van der Waals surface area contributed by atoms with Crippen LogP contribution < -0.4 is 10.1 Å². The molecule has 0 bridgehead atoms. The first-order chi connectivity index (χ1) is 8.36. The smallest absolute Gasteiger partial charge is 0.234 e. The molecule has 17 heavy (non-hydrogen) atoms. The second kappa shape index (κ2) is 8.79. The molecule has 1 aromatic heterocycles. The molecule has 96 valence electrons. The third kappa shape index (κ3) is 6.09. The first-order valence-corrected chi connectivity index (χ1v) is 6.49. The number of anilines is 1. The fourth-order valence-corrected chi connectivity index (χ4v) is 1.60. The van der Waals surface area contributed by atoms with Gasteiger partial charge in [0, 0.05) is 7.05 Å². The average molecular weight is 237 g/mol. The van der Waals surface area contributed by atoms with Crippen LogP contribution in [-0.4, -0.2) is 23.6 Å². The Labute approximate surface area is 104 Å². The molecule has 0 unspecified atom stereocenters. The van der Waals surface area contributed by atoms with Crippen molar-refractivity contribution in [2.24, 2.45) is 0 Å². The summed E-state index contributed by atoms with van der Waals surface area (Å²) in [4.78, 5) is 8.29. The summed E-state index contributed by atoms with van der Waals surface area (Å²) in [5, 5.41) is 2.94. The van der Waals surface area contributed by atoms with E-state index in [1.807, 2.05) is 7.05 Å². The van der Waals surface area contributed by atoms with Crippen molar-refractivity contribution in [2.45, 2.75) is 45.4 Å². The first kappa shape index (κ1) is 13.7. The van der Waals surface area contributed by atoms with Crippen LogP contribution in [0.25, 0.3) is 0 Å². The number of nitrogens with zero attached hydrogens (tertiary/aromatic N) is 2. The number of unbranched alkanes of at least 4 members (excludes halogenated alkanes) is 5. The van der Waals surface area contributed by atoms with Gasteiger partial charge in [-0.1, -0.05) is 39.0 Å². The number of nitrogens with one attached hydrogen (secondary N) is 1. The number of aromatic nitrogens is 2. The fourth-order valence-electron chi connectivity index (χ4n) is 1.60. The summed E-state index contributed by atoms with van der Waals surface area (Å²) in [5.74, 6) is 1.34. The molecule has 1 N–H and O–H groups in total. The van der Waals surface area contributed by atoms with Crippen LogP contribution in [-0.2, 0) is 0 Å². The van der Waals surface area contributed by atoms with Gasteiger partial charge in [-0.25, -0.2) is 0 Å². The maximum atomic E-state index is 5.54. The van der Waals surface area contributed by atoms with Crippen LogP contribution in [0.4, 0.5) is 5.82 Å². The van der Waals surface area contributed by atoms with Gasteiger partial charge in [0.15, 0.2) is 0 Å². The molecule has 0 radical (unpaired) electrons. The summed E-state index contributed by atoms with van der Waals surface area (Å²) in [6.07, 6.45) is 10.9. The molecule has 1 heterocycles. The van der Waals surface area contributed by atoms with Crippen LogP contribution in [0.2, 0.25) is 0 Å². The molecular formula is C13H23N3O. The van der Waals surface area contributed by atoms with Crippen molar-refractivity contribution in [2.75, 3.05) is 19.0 Å². The standard InChI is InChI=1S/C13H23N3O/c1-3-4-5-6-7-8-9-17-13-11-15-10-12(14-2)16-13/h10-11H,3-9H2,1-2H3,(H,14,16). The predicted molar refractivity (Wildman–Crippen MR) is 70.4 cm³/mol. The second-order valence-electron chi connectivity index (χ2n) is 4.11. The van der Waals surface area contributed by atoms with Gasteiger partial charge < -0.3 is 10.1 Å². The SMILES string of the molecule is CCCCCCCCOc1cncc(NC)n1. The lowest BCUT2D eigenvalue weighted by molar-refractivity contribution is 0.292. The normalized spacial score (nSPS) is 10.2. The van der Waals surface area contributed by atoms with Gasteiger partial charge in [0.1, 0.15) is 5.82 Å². The number of hydrogen-bond donors (Lipinski definition) is 1. The fraction of sp³-hybridized carbons (Fsp3) is 0.692. The van der Waals surface area contributed by atoms with Gasteiger partial charge in [0.25, 0.3) is 0 Å². The van der Waals surface area contributed by atoms with Crippen LogP contribution in [0.15, 0.2) is 12.4 Å². The quantitative estimate of drug-likeness (QED) is 0.670. The first-order valence-electron chi connectivity index (χ1n) is 6.49. The Balaban J connectivity index is 2.09. The largest absolute Gasteiger partial charge is 0.477 e. The van der Waals surface area contributed by atoms with Crippen molar-refractivity contribution in [1.29, 1.82) is 0 Å². The zero-order chi connectivity index (χ0) is 12.3. The van der Waals surface area contributed by atoms with Crippen molar-refractivity contribution in [1.82, 2.24) is 9.97 Å². The van der Waals surface area contributed by atoms with Gasteiger partial charge in [0.2, 0.25) is 5.88 Å². The highest BCUT2D eigenvalue weighted by Crippen LogP contribution is 2.10. The monoisotopic (exact) mass is 237 g/mol. The predicted octanol–water partition coefficient (Wildman–Crippen LogP) is 3.26. The minimum absolute atomic E-state index is 0.602. The number of hydrogen-bond acceptors (Lipinski definition) is 4. The zero-order valence-corrected chi connectivity index (χ0v) is 10.9. The van der Waals surface area contributed by atoms with Crippen molar-refractivity contribution in [3.05, 3.63) is 12.4 Å². The molecule has 0 aliphatic carbocycles. The Morgan fingerprint density at radius 1 is 1.12 bits per heavy atom. The van der Waals surface area contributed by atoms with Gasteiger partial charge in [-0.2, -0.15) is 4.98 Å². The second-order valence-corrected chi connectivity index (χ2v) is 4.11. The third-order valence-corrected chi connectivity index (χ3v) is 2.62. The Morgan fingerprint density at radius 3 is 2.65 bits per heavy atom. The highest BCUT2D eigenvalue weighted by molar-refractivity contribution is 5.31. The summed E-state index contributed by atoms with van der Waals surface area (Å²) in [5.41, 5.74) is 0. The van der Waals surface area contributed by atoms with Crippen molar-refractivity contribution in [3.8, 4) is 5.88 Å². The highest BCUT2D eigenvalue weighted by Gasteiger charge is 1.97. The lowest BCUT2D eigenvalue weighted by Crippen LogP contribution is -2.01. The lowest BCUT2D eigenvalue weighted by atomic mass is 10.1. The molecule has 0 amide bonds. The van der Waals surface area contributed by atoms with E-state index in [0.29, 0.717) is 5.88 Å². The number of rotatable bonds is 9. The summed E-state index contributed by atoms with van der Waals surface area (Å²) in [6, 6.07) is 0. The molecule has 0 atom stereocenters. The molecular weight excluding hydrogens is 214 g/mol. The topological polar surface area (TPSA) is 47.0 Å². The Morgan fingerprint density at radius 2 is 1.88 bits per heavy atom. The molecule has 1 rings (SSSR count). The molecule has 4 nitrogen and oxygen atoms in total. The summed E-state index contributed by atoms with van der Waals surface area (Å²) in [7, 11) is 1.82. The molecule has 0 aromatic carbocycles. The Hall–Kier alpha value is -1.32. The van der Waals surface area contributed by atoms with E-state index in [1.165, 1.54) is 32.1 Å². The van der Waals surface area contributed by atoms with Crippen LogP contribution in [0.3, 0.4) is 0 Å². The third-order valence-electron chi connectivity index (χ3n) is 2.62. The maximum Gasteiger partial charge on any atom is 0.234 e. The lowest BCUT2D eigenvalue weighted by Gasteiger charge is -2.06. The molecule has 1 aromatic rings. The van der Waals surface area contributed by atoms with Crippen LogP contribution in [0.5, 0.6) is 5.88 Å². The van der Waals surface area contributed by atoms with Gasteiger partial charge in [0.05, 0.1) is 19.0 Å². The molecule has 0 aliphatic rings. The van der Waals surface area contributed by atoms with E-state index in [2.05, 4.69) is 22.2 Å². The van der Waals surface area contributed by atoms with Gasteiger partial charge in [-0.05, 0) is 6.42 Å². The van der Waals surface area contributed by atoms with Crippen molar-refractivity contribution < 1.29 is 4.74 Å². The molecule has 0 spiro atoms. The Bertz CT molecular complexity index is 304. The van der Waals surface area contributed by atoms with E-state index in [4.69, 9.17) is 4.74 Å². The molecule has 4 heteroatoms. The van der Waals surface area contributed by atoms with E-state index in [0.717, 1.165) is 18.8 Å². The van der Waals surface area contributed by atoms with Crippen molar-refractivity contribution in [3.63, 3.8) is 0 Å². The summed E-state index contributed by atoms with van der Waals surface area (Å²) in [6.45, 7) is 2.96. The molecule has 0 aliphatic heterocycles. The minimum atomic E-state index is 0.602. The summed E-state index contributed by atoms with van der Waals surface area (Å²) < 4.78 is 5.54. The Kier molecular flexibility index (Phi) is 7.11. The van der Waals surface area contributed by atoms with E-state index < -0.39 is 0 Å². The minimum Gasteiger partial charge on any atom is -0.477 e. The van der Waals surface area contributed by atoms with Gasteiger partial charge in [-0.15, -0.1) is 0 Å². The molecule has 0 saturated carbocycles. The van der Waals surface area contributed by atoms with Crippen LogP contribution in [0, 0.1) is 0 Å². The van der Waals surface area contributed by atoms with E-state index >= 15 is 0 Å². The van der Waals surface area contributed by atoms with E-state index in [9.17, 15) is 0 Å². The van der Waals surface area contributed by atoms with Gasteiger partial charge in [-0.3, -0.25) is 4.98 Å². The molecule has 0 fully saturated rings.